The van der Waals surface area contributed by atoms with E-state index in [2.05, 4.69) is 10.3 Å². The van der Waals surface area contributed by atoms with E-state index in [-0.39, 0.29) is 35.9 Å². The van der Waals surface area contributed by atoms with Crippen molar-refractivity contribution in [3.05, 3.63) is 42.2 Å². The van der Waals surface area contributed by atoms with Crippen LogP contribution in [0, 0.1) is 0 Å². The van der Waals surface area contributed by atoms with Crippen LogP contribution in [-0.2, 0) is 0 Å². The number of ether oxygens (including phenoxy) is 3. The van der Waals surface area contributed by atoms with E-state index in [1.807, 2.05) is 4.90 Å². The smallest absolute Gasteiger partial charge is 0.387 e. The third-order valence-corrected chi connectivity index (χ3v) is 6.69. The Morgan fingerprint density at radius 1 is 1.18 bits per heavy atom. The summed E-state index contributed by atoms with van der Waals surface area (Å²) in [6, 6.07) is 6.42. The molecule has 1 N–H and O–H groups in total. The van der Waals surface area contributed by atoms with Crippen molar-refractivity contribution in [2.75, 3.05) is 33.4 Å². The molecule has 0 radical (unpaired) electrons. The molecule has 8 nitrogen and oxygen atoms in total. The Morgan fingerprint density at radius 2 is 1.92 bits per heavy atom. The lowest BCUT2D eigenvalue weighted by molar-refractivity contribution is -0.0565. The zero-order valence-corrected chi connectivity index (χ0v) is 20.8. The first-order valence-corrected chi connectivity index (χ1v) is 12.4. The van der Waals surface area contributed by atoms with E-state index in [4.69, 9.17) is 14.2 Å². The quantitative estimate of drug-likeness (QED) is 0.382. The average Bonchev–Trinajstić information content (AvgIpc) is 3.59. The Labute approximate surface area is 216 Å². The second-order valence-corrected chi connectivity index (χ2v) is 9.46. The van der Waals surface area contributed by atoms with E-state index < -0.39 is 18.4 Å². The summed E-state index contributed by atoms with van der Waals surface area (Å²) in [6.07, 6.45) is 4.68. The lowest BCUT2D eigenvalue weighted by atomic mass is 10.1. The highest BCUT2D eigenvalue weighted by atomic mass is 19.3. The lowest BCUT2D eigenvalue weighted by Gasteiger charge is -2.31. The molecule has 0 bridgehead atoms. The summed E-state index contributed by atoms with van der Waals surface area (Å²) >= 11 is 0. The fourth-order valence-corrected chi connectivity index (χ4v) is 4.46. The summed E-state index contributed by atoms with van der Waals surface area (Å²) in [5.41, 5.74) is 1.47. The Bertz CT molecular complexity index is 1300. The number of pyridine rings is 1. The van der Waals surface area contributed by atoms with Crippen LogP contribution in [0.3, 0.4) is 0 Å². The van der Waals surface area contributed by atoms with E-state index in [9.17, 15) is 22.4 Å². The number of nitrogens with zero attached hydrogens (tertiary/aromatic N) is 3. The predicted molar refractivity (Wildman–Crippen MR) is 130 cm³/mol. The van der Waals surface area contributed by atoms with E-state index in [0.29, 0.717) is 48.9 Å². The number of hydrogen-bond donors (Lipinski definition) is 1. The number of nitrogens with one attached hydrogen (secondary N) is 1. The summed E-state index contributed by atoms with van der Waals surface area (Å²) in [5.74, 6) is -2.76. The van der Waals surface area contributed by atoms with Gasteiger partial charge in [-0.1, -0.05) is 0 Å². The fraction of sp³-hybridized carbons (Fsp3) is 0.462. The molecule has 2 fully saturated rings. The van der Waals surface area contributed by atoms with Gasteiger partial charge >= 0.3 is 6.61 Å². The zero-order valence-electron chi connectivity index (χ0n) is 20.8. The molecule has 1 amide bonds. The number of hydrogen-bond acceptors (Lipinski definition) is 6. The van der Waals surface area contributed by atoms with E-state index >= 15 is 0 Å². The molecule has 3 aromatic rings. The highest BCUT2D eigenvalue weighted by molar-refractivity contribution is 6.01. The Kier molecular flexibility index (Phi) is 7.33. The SMILES string of the molecule is COc1cc(-c2cnc3cc(OCCN4CCC(F)(F)CC4)ccn23)cc(OC(F)F)c1C(=O)NC1CC1. The van der Waals surface area contributed by atoms with Crippen LogP contribution in [-0.4, -0.2) is 72.1 Å². The number of fused-ring (bicyclic) bond motifs is 1. The number of methoxy groups -OCH3 is 1. The molecule has 2 aliphatic rings. The van der Waals surface area contributed by atoms with Crippen molar-refractivity contribution in [1.82, 2.24) is 19.6 Å². The number of aromatic nitrogens is 2. The van der Waals surface area contributed by atoms with Crippen LogP contribution in [0.1, 0.15) is 36.0 Å². The molecule has 0 atom stereocenters. The molecule has 0 unspecified atom stereocenters. The molecule has 12 heteroatoms. The summed E-state index contributed by atoms with van der Waals surface area (Å²) in [4.78, 5) is 19.1. The van der Waals surface area contributed by atoms with Gasteiger partial charge in [0, 0.05) is 56.3 Å². The van der Waals surface area contributed by atoms with E-state index in [0.717, 1.165) is 12.8 Å². The third kappa shape index (κ3) is 5.95. The van der Waals surface area contributed by atoms with E-state index in [1.54, 1.807) is 35.0 Å². The van der Waals surface area contributed by atoms with Crippen molar-refractivity contribution in [3.63, 3.8) is 0 Å². The number of carbonyl (C=O) groups excluding carboxylic acids is 1. The van der Waals surface area contributed by atoms with Gasteiger partial charge in [-0.3, -0.25) is 14.1 Å². The van der Waals surface area contributed by atoms with Gasteiger partial charge in [0.25, 0.3) is 11.8 Å². The van der Waals surface area contributed by atoms with Crippen molar-refractivity contribution in [3.8, 4) is 28.5 Å². The summed E-state index contributed by atoms with van der Waals surface area (Å²) in [6.45, 7) is -1.59. The number of rotatable bonds is 10. The highest BCUT2D eigenvalue weighted by Crippen LogP contribution is 2.37. The standard InChI is InChI=1S/C26H28F4N4O4/c1-36-20-12-16(13-21(38-25(27)28)23(20)24(35)32-17-2-3-17)19-15-31-22-14-18(4-7-34(19)22)37-11-10-33-8-5-26(29,30)6-9-33/h4,7,12-15,17,25H,2-3,5-6,8-11H2,1H3,(H,32,35). The maximum absolute atomic E-state index is 13.3. The number of piperidine rings is 1. The minimum atomic E-state index is -3.13. The van der Waals surface area contributed by atoms with Gasteiger partial charge in [0.05, 0.1) is 19.0 Å². The highest BCUT2D eigenvalue weighted by Gasteiger charge is 2.33. The molecule has 204 valence electrons. The van der Waals surface area contributed by atoms with Crippen molar-refractivity contribution in [1.29, 1.82) is 0 Å². The zero-order chi connectivity index (χ0) is 26.9. The Morgan fingerprint density at radius 3 is 2.61 bits per heavy atom. The Balaban J connectivity index is 1.34. The summed E-state index contributed by atoms with van der Waals surface area (Å²) in [7, 11) is 1.35. The molecule has 38 heavy (non-hydrogen) atoms. The van der Waals surface area contributed by atoms with Crippen LogP contribution in [0.5, 0.6) is 17.2 Å². The van der Waals surface area contributed by atoms with Crippen molar-refractivity contribution in [2.24, 2.45) is 0 Å². The molecule has 1 saturated heterocycles. The van der Waals surface area contributed by atoms with Gasteiger partial charge in [-0.05, 0) is 31.0 Å². The molecule has 1 aliphatic carbocycles. The molecule has 1 aromatic carbocycles. The Hall–Kier alpha value is -3.54. The molecule has 5 rings (SSSR count). The molecule has 3 heterocycles. The second-order valence-electron chi connectivity index (χ2n) is 9.46. The normalized spacial score (nSPS) is 17.5. The van der Waals surface area contributed by atoms with Crippen LogP contribution in [0.15, 0.2) is 36.7 Å². The monoisotopic (exact) mass is 536 g/mol. The van der Waals surface area contributed by atoms with Gasteiger partial charge in [0.2, 0.25) is 0 Å². The predicted octanol–water partition coefficient (Wildman–Crippen LogP) is 4.61. The number of alkyl halides is 4. The van der Waals surface area contributed by atoms with E-state index in [1.165, 1.54) is 13.2 Å². The van der Waals surface area contributed by atoms with Crippen molar-refractivity contribution in [2.45, 2.75) is 44.3 Å². The van der Waals surface area contributed by atoms with Gasteiger partial charge in [-0.2, -0.15) is 8.78 Å². The minimum absolute atomic E-state index is 0.0195. The van der Waals surface area contributed by atoms with Crippen LogP contribution in [0.25, 0.3) is 16.9 Å². The first-order chi connectivity index (χ1) is 18.2. The summed E-state index contributed by atoms with van der Waals surface area (Å²) < 4.78 is 70.8. The lowest BCUT2D eigenvalue weighted by Crippen LogP contribution is -2.41. The van der Waals surface area contributed by atoms with Gasteiger partial charge in [0.15, 0.2) is 0 Å². The molecular weight excluding hydrogens is 508 g/mol. The average molecular weight is 537 g/mol. The second kappa shape index (κ2) is 10.7. The topological polar surface area (TPSA) is 77.3 Å². The molecule has 2 aromatic heterocycles. The number of imidazole rings is 1. The van der Waals surface area contributed by atoms with Crippen molar-refractivity contribution < 1.29 is 36.6 Å². The van der Waals surface area contributed by atoms with Gasteiger partial charge in [0.1, 0.15) is 35.1 Å². The number of likely N-dealkylation sites (tertiary alicyclic amines) is 1. The van der Waals surface area contributed by atoms with Gasteiger partial charge in [-0.15, -0.1) is 0 Å². The fourth-order valence-electron chi connectivity index (χ4n) is 4.46. The third-order valence-electron chi connectivity index (χ3n) is 6.69. The molecule has 1 saturated carbocycles. The minimum Gasteiger partial charge on any atom is -0.496 e. The first-order valence-electron chi connectivity index (χ1n) is 12.4. The van der Waals surface area contributed by atoms with Crippen LogP contribution >= 0.6 is 0 Å². The van der Waals surface area contributed by atoms with Gasteiger partial charge < -0.3 is 19.5 Å². The molecule has 1 aliphatic heterocycles. The summed E-state index contributed by atoms with van der Waals surface area (Å²) in [5, 5.41) is 2.78. The number of carbonyl (C=O) groups is 1. The maximum atomic E-state index is 13.3. The number of halogens is 4. The van der Waals surface area contributed by atoms with Crippen LogP contribution in [0.2, 0.25) is 0 Å². The number of amides is 1. The largest absolute Gasteiger partial charge is 0.496 e. The van der Waals surface area contributed by atoms with Crippen molar-refractivity contribution >= 4 is 11.6 Å². The van der Waals surface area contributed by atoms with Crippen LogP contribution < -0.4 is 19.5 Å². The van der Waals surface area contributed by atoms with Crippen LogP contribution in [0.4, 0.5) is 17.6 Å². The maximum Gasteiger partial charge on any atom is 0.387 e. The number of benzene rings is 1. The first kappa shape index (κ1) is 26.1. The van der Waals surface area contributed by atoms with Gasteiger partial charge in [-0.25, -0.2) is 13.8 Å². The molecule has 0 spiro atoms. The molecular formula is C26H28F4N4O4.